The molecule has 0 aliphatic heterocycles. The van der Waals surface area contributed by atoms with Crippen LogP contribution in [0.5, 0.6) is 0 Å². The van der Waals surface area contributed by atoms with Gasteiger partial charge in [-0.05, 0) is 50.3 Å². The average molecular weight is 394 g/mol. The third-order valence-electron chi connectivity index (χ3n) is 4.76. The molecule has 1 atom stereocenters. The maximum absolute atomic E-state index is 12.7. The number of anilines is 1. The number of amides is 1. The fourth-order valence-electron chi connectivity index (χ4n) is 3.33. The van der Waals surface area contributed by atoms with Crippen molar-refractivity contribution in [2.45, 2.75) is 42.9 Å². The van der Waals surface area contributed by atoms with Crippen LogP contribution in [0, 0.1) is 11.3 Å². The standard InChI is InChI=1S/C21H19N3OS2/c1-13(26-19-11-10-14-6-2-4-8-17(14)23-19)20(25)24-21-16(12-22)15-7-3-5-9-18(15)27-21/h2,4,6,8,10-11,13H,3,5,7,9H2,1H3,(H,24,25). The molecular formula is C21H19N3OS2. The van der Waals surface area contributed by atoms with Crippen LogP contribution in [0.4, 0.5) is 5.00 Å². The molecule has 2 aromatic heterocycles. The molecule has 1 unspecified atom stereocenters. The molecule has 2 heterocycles. The summed E-state index contributed by atoms with van der Waals surface area (Å²) in [6, 6.07) is 14.2. The second kappa shape index (κ2) is 7.71. The SMILES string of the molecule is CC(Sc1ccc2ccccc2n1)C(=O)Nc1sc2c(c1C#N)CCCC2. The Morgan fingerprint density at radius 3 is 2.93 bits per heavy atom. The zero-order chi connectivity index (χ0) is 18.8. The van der Waals surface area contributed by atoms with Crippen LogP contribution in [0.1, 0.15) is 35.8 Å². The van der Waals surface area contributed by atoms with E-state index in [2.05, 4.69) is 16.4 Å². The number of thioether (sulfide) groups is 1. The van der Waals surface area contributed by atoms with Crippen molar-refractivity contribution in [3.63, 3.8) is 0 Å². The normalized spacial score (nSPS) is 14.4. The molecule has 1 aromatic carbocycles. The lowest BCUT2D eigenvalue weighted by molar-refractivity contribution is -0.115. The molecule has 27 heavy (non-hydrogen) atoms. The van der Waals surface area contributed by atoms with Gasteiger partial charge in [0.1, 0.15) is 11.1 Å². The fraction of sp³-hybridized carbons (Fsp3) is 0.286. The van der Waals surface area contributed by atoms with Crippen molar-refractivity contribution in [1.82, 2.24) is 4.98 Å². The van der Waals surface area contributed by atoms with E-state index in [0.29, 0.717) is 10.6 Å². The quantitative estimate of drug-likeness (QED) is 0.621. The number of thiophene rings is 1. The van der Waals surface area contributed by atoms with Crippen LogP contribution in [0.3, 0.4) is 0 Å². The Kier molecular flexibility index (Phi) is 5.15. The number of carbonyl (C=O) groups is 1. The van der Waals surface area contributed by atoms with Gasteiger partial charge in [0.25, 0.3) is 0 Å². The summed E-state index contributed by atoms with van der Waals surface area (Å²) >= 11 is 2.99. The molecule has 1 aliphatic carbocycles. The number of rotatable bonds is 4. The van der Waals surface area contributed by atoms with Crippen molar-refractivity contribution in [1.29, 1.82) is 5.26 Å². The predicted molar refractivity (Wildman–Crippen MR) is 111 cm³/mol. The van der Waals surface area contributed by atoms with E-state index in [1.807, 2.05) is 43.3 Å². The van der Waals surface area contributed by atoms with Gasteiger partial charge in [-0.25, -0.2) is 4.98 Å². The van der Waals surface area contributed by atoms with Crippen molar-refractivity contribution < 1.29 is 4.79 Å². The van der Waals surface area contributed by atoms with Crippen LogP contribution in [0.25, 0.3) is 10.9 Å². The van der Waals surface area contributed by atoms with E-state index in [-0.39, 0.29) is 11.2 Å². The lowest BCUT2D eigenvalue weighted by Crippen LogP contribution is -2.22. The van der Waals surface area contributed by atoms with E-state index < -0.39 is 0 Å². The topological polar surface area (TPSA) is 65.8 Å². The summed E-state index contributed by atoms with van der Waals surface area (Å²) in [7, 11) is 0. The largest absolute Gasteiger partial charge is 0.316 e. The minimum Gasteiger partial charge on any atom is -0.316 e. The third kappa shape index (κ3) is 3.71. The number of benzene rings is 1. The number of fused-ring (bicyclic) bond motifs is 2. The highest BCUT2D eigenvalue weighted by Gasteiger charge is 2.23. The number of aromatic nitrogens is 1. The molecule has 0 bridgehead atoms. The number of para-hydroxylation sites is 1. The first-order chi connectivity index (χ1) is 13.2. The van der Waals surface area contributed by atoms with Gasteiger partial charge in [-0.3, -0.25) is 4.79 Å². The Balaban J connectivity index is 1.49. The van der Waals surface area contributed by atoms with Gasteiger partial charge in [-0.1, -0.05) is 36.0 Å². The van der Waals surface area contributed by atoms with Gasteiger partial charge in [0.15, 0.2) is 0 Å². The number of nitrogens with zero attached hydrogens (tertiary/aromatic N) is 2. The van der Waals surface area contributed by atoms with E-state index in [1.165, 1.54) is 16.6 Å². The Morgan fingerprint density at radius 1 is 1.26 bits per heavy atom. The molecule has 0 saturated heterocycles. The molecule has 0 spiro atoms. The van der Waals surface area contributed by atoms with Crippen molar-refractivity contribution in [2.24, 2.45) is 0 Å². The lowest BCUT2D eigenvalue weighted by Gasteiger charge is -2.11. The van der Waals surface area contributed by atoms with Gasteiger partial charge in [0.05, 0.1) is 21.4 Å². The minimum atomic E-state index is -0.302. The smallest absolute Gasteiger partial charge is 0.238 e. The second-order valence-corrected chi connectivity index (χ2v) is 9.08. The lowest BCUT2D eigenvalue weighted by atomic mass is 9.96. The van der Waals surface area contributed by atoms with E-state index in [9.17, 15) is 10.1 Å². The van der Waals surface area contributed by atoms with Crippen molar-refractivity contribution in [3.8, 4) is 6.07 Å². The molecule has 4 nitrogen and oxygen atoms in total. The summed E-state index contributed by atoms with van der Waals surface area (Å²) in [6.45, 7) is 1.87. The monoisotopic (exact) mass is 393 g/mol. The van der Waals surface area contributed by atoms with Crippen LogP contribution < -0.4 is 5.32 Å². The highest BCUT2D eigenvalue weighted by Crippen LogP contribution is 2.38. The van der Waals surface area contributed by atoms with E-state index in [1.54, 1.807) is 11.3 Å². The summed E-state index contributed by atoms with van der Waals surface area (Å²) < 4.78 is 0. The Morgan fingerprint density at radius 2 is 2.07 bits per heavy atom. The molecular weight excluding hydrogens is 374 g/mol. The van der Waals surface area contributed by atoms with Crippen LogP contribution in [0.2, 0.25) is 0 Å². The van der Waals surface area contributed by atoms with Crippen LogP contribution in [-0.4, -0.2) is 16.1 Å². The van der Waals surface area contributed by atoms with Crippen molar-refractivity contribution in [3.05, 3.63) is 52.4 Å². The maximum Gasteiger partial charge on any atom is 0.238 e. The van der Waals surface area contributed by atoms with Gasteiger partial charge in [-0.2, -0.15) is 5.26 Å². The van der Waals surface area contributed by atoms with E-state index in [4.69, 9.17) is 0 Å². The maximum atomic E-state index is 12.7. The molecule has 1 N–H and O–H groups in total. The number of nitriles is 1. The molecule has 1 aliphatic rings. The number of hydrogen-bond donors (Lipinski definition) is 1. The zero-order valence-electron chi connectivity index (χ0n) is 15.0. The summed E-state index contributed by atoms with van der Waals surface area (Å²) in [5, 5.41) is 14.8. The first-order valence-corrected chi connectivity index (χ1v) is 10.7. The molecule has 3 aromatic rings. The van der Waals surface area contributed by atoms with E-state index in [0.717, 1.165) is 47.2 Å². The molecule has 4 rings (SSSR count). The number of aryl methyl sites for hydroxylation is 1. The first kappa shape index (κ1) is 18.0. The Labute approximate surface area is 166 Å². The Bertz CT molecular complexity index is 1050. The summed E-state index contributed by atoms with van der Waals surface area (Å²) in [4.78, 5) is 18.6. The van der Waals surface area contributed by atoms with Gasteiger partial charge >= 0.3 is 0 Å². The Hall–Kier alpha value is -2.36. The fourth-order valence-corrected chi connectivity index (χ4v) is 5.40. The molecule has 136 valence electrons. The molecule has 6 heteroatoms. The minimum absolute atomic E-state index is 0.0925. The van der Waals surface area contributed by atoms with E-state index >= 15 is 0 Å². The number of carbonyl (C=O) groups excluding carboxylic acids is 1. The van der Waals surface area contributed by atoms with Crippen LogP contribution >= 0.6 is 23.1 Å². The zero-order valence-corrected chi connectivity index (χ0v) is 16.6. The van der Waals surface area contributed by atoms with Gasteiger partial charge in [-0.15, -0.1) is 11.3 Å². The third-order valence-corrected chi connectivity index (χ3v) is 7.00. The second-order valence-electron chi connectivity index (χ2n) is 6.62. The first-order valence-electron chi connectivity index (χ1n) is 9.03. The number of hydrogen-bond acceptors (Lipinski definition) is 5. The predicted octanol–water partition coefficient (Wildman–Crippen LogP) is 5.17. The average Bonchev–Trinajstić information content (AvgIpc) is 3.04. The number of nitrogens with one attached hydrogen (secondary N) is 1. The highest BCUT2D eigenvalue weighted by atomic mass is 32.2. The summed E-state index contributed by atoms with van der Waals surface area (Å²) in [6.07, 6.45) is 4.23. The van der Waals surface area contributed by atoms with Gasteiger partial charge in [0, 0.05) is 10.3 Å². The highest BCUT2D eigenvalue weighted by molar-refractivity contribution is 8.00. The van der Waals surface area contributed by atoms with Gasteiger partial charge < -0.3 is 5.32 Å². The van der Waals surface area contributed by atoms with Gasteiger partial charge in [0.2, 0.25) is 5.91 Å². The van der Waals surface area contributed by atoms with Crippen LogP contribution in [-0.2, 0) is 17.6 Å². The summed E-state index contributed by atoms with van der Waals surface area (Å²) in [5.41, 5.74) is 2.72. The van der Waals surface area contributed by atoms with Crippen molar-refractivity contribution in [2.75, 3.05) is 5.32 Å². The molecule has 0 fully saturated rings. The molecule has 1 amide bonds. The number of pyridine rings is 1. The molecule has 0 saturated carbocycles. The summed E-state index contributed by atoms with van der Waals surface area (Å²) in [5.74, 6) is -0.0925. The van der Waals surface area contributed by atoms with Crippen LogP contribution in [0.15, 0.2) is 41.4 Å². The van der Waals surface area contributed by atoms with Crippen molar-refractivity contribution >= 4 is 44.9 Å². The molecule has 0 radical (unpaired) electrons.